The maximum Gasteiger partial charge on any atom is 0.418 e. The van der Waals surface area contributed by atoms with Crippen LogP contribution in [0.1, 0.15) is 20.8 Å². The number of thiophene rings is 1. The van der Waals surface area contributed by atoms with E-state index in [0.717, 1.165) is 11.1 Å². The van der Waals surface area contributed by atoms with Crippen molar-refractivity contribution in [3.05, 3.63) is 35.3 Å². The summed E-state index contributed by atoms with van der Waals surface area (Å²) in [6.45, 7) is 5.57. The van der Waals surface area contributed by atoms with Crippen LogP contribution in [0.3, 0.4) is 0 Å². The van der Waals surface area contributed by atoms with Crippen LogP contribution in [-0.4, -0.2) is 16.3 Å². The Hall–Kier alpha value is -1.55. The van der Waals surface area contributed by atoms with Gasteiger partial charge in [0, 0.05) is 18.0 Å². The molecule has 0 aliphatic carbocycles. The summed E-state index contributed by atoms with van der Waals surface area (Å²) in [5, 5.41) is 4.06. The maximum atomic E-state index is 11.8. The minimum atomic E-state index is -0.468. The number of hydrogen-bond donors (Lipinski definition) is 0. The van der Waals surface area contributed by atoms with Crippen molar-refractivity contribution in [2.75, 3.05) is 0 Å². The predicted molar refractivity (Wildman–Crippen MR) is 69.4 cm³/mol. The van der Waals surface area contributed by atoms with E-state index in [2.05, 4.69) is 5.38 Å². The van der Waals surface area contributed by atoms with Gasteiger partial charge in [-0.3, -0.25) is 4.57 Å². The molecule has 0 atom stereocenters. The van der Waals surface area contributed by atoms with Crippen molar-refractivity contribution in [2.45, 2.75) is 26.4 Å². The quantitative estimate of drug-likeness (QED) is 0.765. The molecule has 17 heavy (non-hydrogen) atoms. The zero-order valence-electron chi connectivity index (χ0n) is 10.1. The van der Waals surface area contributed by atoms with E-state index in [1.165, 1.54) is 4.57 Å². The zero-order chi connectivity index (χ0) is 12.5. The van der Waals surface area contributed by atoms with Crippen molar-refractivity contribution in [1.29, 1.82) is 0 Å². The minimum absolute atomic E-state index is 0.348. The van der Waals surface area contributed by atoms with E-state index in [1.807, 2.05) is 38.3 Å². The third kappa shape index (κ3) is 2.97. The molecule has 2 aromatic rings. The molecule has 0 saturated heterocycles. The Morgan fingerprint density at radius 1 is 1.29 bits per heavy atom. The number of aromatic nitrogens is 1. The van der Waals surface area contributed by atoms with Gasteiger partial charge < -0.3 is 4.74 Å². The highest BCUT2D eigenvalue weighted by molar-refractivity contribution is 7.08. The lowest BCUT2D eigenvalue weighted by molar-refractivity contribution is 0.0537. The Morgan fingerprint density at radius 2 is 2.06 bits per heavy atom. The van der Waals surface area contributed by atoms with Crippen LogP contribution in [0.25, 0.3) is 11.1 Å². The fourth-order valence-corrected chi connectivity index (χ4v) is 2.09. The summed E-state index contributed by atoms with van der Waals surface area (Å²) >= 11 is 1.64. The monoisotopic (exact) mass is 249 g/mol. The second kappa shape index (κ2) is 4.37. The first kappa shape index (κ1) is 11.9. The van der Waals surface area contributed by atoms with E-state index in [0.29, 0.717) is 0 Å². The Kier molecular flexibility index (Phi) is 3.07. The molecular formula is C13H15NO2S. The van der Waals surface area contributed by atoms with Gasteiger partial charge in [-0.25, -0.2) is 4.79 Å². The molecule has 90 valence electrons. The van der Waals surface area contributed by atoms with Gasteiger partial charge in [-0.1, -0.05) is 0 Å². The molecule has 3 nitrogen and oxygen atoms in total. The molecule has 0 fully saturated rings. The molecule has 0 N–H and O–H groups in total. The fraction of sp³-hybridized carbons (Fsp3) is 0.308. The molecule has 0 unspecified atom stereocenters. The summed E-state index contributed by atoms with van der Waals surface area (Å²) in [5.74, 6) is 0. The minimum Gasteiger partial charge on any atom is -0.443 e. The summed E-state index contributed by atoms with van der Waals surface area (Å²) in [5.41, 5.74) is 1.68. The third-order valence-corrected chi connectivity index (χ3v) is 2.83. The number of rotatable bonds is 1. The highest BCUT2D eigenvalue weighted by Gasteiger charge is 2.17. The summed E-state index contributed by atoms with van der Waals surface area (Å²) in [6, 6.07) is 3.94. The van der Waals surface area contributed by atoms with E-state index in [9.17, 15) is 4.79 Å². The van der Waals surface area contributed by atoms with E-state index < -0.39 is 5.60 Å². The second-order valence-corrected chi connectivity index (χ2v) is 5.58. The molecule has 0 aliphatic rings. The number of hydrogen-bond acceptors (Lipinski definition) is 3. The van der Waals surface area contributed by atoms with E-state index >= 15 is 0 Å². The van der Waals surface area contributed by atoms with Crippen LogP contribution in [0.15, 0.2) is 35.3 Å². The van der Waals surface area contributed by atoms with Crippen LogP contribution in [0.4, 0.5) is 4.79 Å². The van der Waals surface area contributed by atoms with Crippen LogP contribution in [0.2, 0.25) is 0 Å². The van der Waals surface area contributed by atoms with E-state index in [4.69, 9.17) is 4.74 Å². The summed E-state index contributed by atoms with van der Waals surface area (Å²) < 4.78 is 6.75. The first-order valence-electron chi connectivity index (χ1n) is 5.40. The van der Waals surface area contributed by atoms with Crippen molar-refractivity contribution in [3.8, 4) is 11.1 Å². The first-order valence-corrected chi connectivity index (χ1v) is 6.34. The van der Waals surface area contributed by atoms with Gasteiger partial charge in [-0.15, -0.1) is 0 Å². The largest absolute Gasteiger partial charge is 0.443 e. The smallest absolute Gasteiger partial charge is 0.418 e. The van der Waals surface area contributed by atoms with Crippen molar-refractivity contribution in [2.24, 2.45) is 0 Å². The lowest BCUT2D eigenvalue weighted by Crippen LogP contribution is -2.26. The van der Waals surface area contributed by atoms with Crippen molar-refractivity contribution < 1.29 is 9.53 Å². The molecule has 4 heteroatoms. The highest BCUT2D eigenvalue weighted by Crippen LogP contribution is 2.22. The van der Waals surface area contributed by atoms with Gasteiger partial charge in [0.2, 0.25) is 0 Å². The molecular weight excluding hydrogens is 234 g/mol. The SMILES string of the molecule is CC(C)(C)OC(=O)n1ccc(-c2ccsc2)c1. The highest BCUT2D eigenvalue weighted by atomic mass is 32.1. The van der Waals surface area contributed by atoms with Crippen LogP contribution in [0, 0.1) is 0 Å². The summed E-state index contributed by atoms with van der Waals surface area (Å²) in [6.07, 6.45) is 3.16. The van der Waals surface area contributed by atoms with Crippen LogP contribution in [0.5, 0.6) is 0 Å². The first-order chi connectivity index (χ1) is 7.96. The Bertz CT molecular complexity index is 506. The predicted octanol–water partition coefficient (Wildman–Crippen LogP) is 4.00. The number of nitrogens with zero attached hydrogens (tertiary/aromatic N) is 1. The Labute approximate surface area is 105 Å². The van der Waals surface area contributed by atoms with Crippen molar-refractivity contribution in [1.82, 2.24) is 4.57 Å². The number of carbonyl (C=O) groups is 1. The van der Waals surface area contributed by atoms with Gasteiger partial charge in [0.05, 0.1) is 0 Å². The molecule has 0 aliphatic heterocycles. The van der Waals surface area contributed by atoms with Gasteiger partial charge >= 0.3 is 6.09 Å². The van der Waals surface area contributed by atoms with Gasteiger partial charge in [0.1, 0.15) is 5.60 Å². The number of ether oxygens (including phenoxy) is 1. The average molecular weight is 249 g/mol. The van der Waals surface area contributed by atoms with Crippen molar-refractivity contribution >= 4 is 17.4 Å². The lowest BCUT2D eigenvalue weighted by atomic mass is 10.2. The second-order valence-electron chi connectivity index (χ2n) is 4.80. The molecule has 0 amide bonds. The third-order valence-electron chi connectivity index (χ3n) is 2.15. The summed E-state index contributed by atoms with van der Waals surface area (Å²) in [4.78, 5) is 11.8. The van der Waals surface area contributed by atoms with Crippen LogP contribution in [-0.2, 0) is 4.74 Å². The average Bonchev–Trinajstić information content (AvgIpc) is 2.86. The Balaban J connectivity index is 2.16. The fourth-order valence-electron chi connectivity index (χ4n) is 1.42. The molecule has 2 aromatic heterocycles. The van der Waals surface area contributed by atoms with Gasteiger partial charge in [0.15, 0.2) is 0 Å². The summed E-state index contributed by atoms with van der Waals surface area (Å²) in [7, 11) is 0. The van der Waals surface area contributed by atoms with E-state index in [-0.39, 0.29) is 6.09 Å². The normalized spacial score (nSPS) is 11.5. The molecule has 0 saturated carbocycles. The topological polar surface area (TPSA) is 31.2 Å². The Morgan fingerprint density at radius 3 is 2.65 bits per heavy atom. The molecule has 0 aromatic carbocycles. The molecule has 2 heterocycles. The lowest BCUT2D eigenvalue weighted by Gasteiger charge is -2.19. The number of carbonyl (C=O) groups excluding carboxylic acids is 1. The molecule has 0 spiro atoms. The van der Waals surface area contributed by atoms with Crippen LogP contribution < -0.4 is 0 Å². The molecule has 0 bridgehead atoms. The van der Waals surface area contributed by atoms with Crippen molar-refractivity contribution in [3.63, 3.8) is 0 Å². The van der Waals surface area contributed by atoms with Crippen LogP contribution >= 0.6 is 11.3 Å². The molecule has 2 rings (SSSR count). The maximum absolute atomic E-state index is 11.8. The van der Waals surface area contributed by atoms with Gasteiger partial charge in [0.25, 0.3) is 0 Å². The van der Waals surface area contributed by atoms with Gasteiger partial charge in [-0.2, -0.15) is 11.3 Å². The standard InChI is InChI=1S/C13H15NO2S/c1-13(2,3)16-12(15)14-6-4-10(8-14)11-5-7-17-9-11/h4-9H,1-3H3. The zero-order valence-corrected chi connectivity index (χ0v) is 11.0. The van der Waals surface area contributed by atoms with Gasteiger partial charge in [-0.05, 0) is 49.2 Å². The van der Waals surface area contributed by atoms with E-state index in [1.54, 1.807) is 23.7 Å². The molecule has 0 radical (unpaired) electrons.